The molecule has 0 unspecified atom stereocenters. The number of benzene rings is 1. The van der Waals surface area contributed by atoms with Gasteiger partial charge in [0.25, 0.3) is 0 Å². The average Bonchev–Trinajstić information content (AvgIpc) is 2.94. The van der Waals surface area contributed by atoms with Gasteiger partial charge in [-0.3, -0.25) is 4.79 Å². The molecule has 132 valence electrons. The van der Waals surface area contributed by atoms with Crippen LogP contribution in [0.4, 0.5) is 4.39 Å². The van der Waals surface area contributed by atoms with Crippen LogP contribution in [0.2, 0.25) is 0 Å². The number of halogens is 1. The van der Waals surface area contributed by atoms with Gasteiger partial charge in [0.1, 0.15) is 11.5 Å². The van der Waals surface area contributed by atoms with Crippen LogP contribution in [0.1, 0.15) is 49.6 Å². The second-order valence-electron chi connectivity index (χ2n) is 7.11. The van der Waals surface area contributed by atoms with Gasteiger partial charge in [0.2, 0.25) is 5.91 Å². The van der Waals surface area contributed by atoms with Crippen molar-refractivity contribution in [2.75, 3.05) is 13.1 Å². The first-order valence-corrected chi connectivity index (χ1v) is 8.65. The van der Waals surface area contributed by atoms with Gasteiger partial charge in [-0.25, -0.2) is 9.07 Å². The first kappa shape index (κ1) is 16.2. The summed E-state index contributed by atoms with van der Waals surface area (Å²) in [5.74, 6) is -0.220. The number of aliphatic hydroxyl groups excluding tert-OH is 1. The maximum atomic E-state index is 13.6. The van der Waals surface area contributed by atoms with Crippen LogP contribution in [0.3, 0.4) is 0 Å². The largest absolute Gasteiger partial charge is 0.387 e. The molecule has 1 N–H and O–H groups in total. The summed E-state index contributed by atoms with van der Waals surface area (Å²) in [7, 11) is 0. The molecule has 1 saturated carbocycles. The van der Waals surface area contributed by atoms with E-state index in [2.05, 4.69) is 10.3 Å². The van der Waals surface area contributed by atoms with Gasteiger partial charge in [-0.2, -0.15) is 0 Å². The molecule has 1 amide bonds. The molecular weight excluding hydrogens is 323 g/mol. The Morgan fingerprint density at radius 1 is 1.40 bits per heavy atom. The van der Waals surface area contributed by atoms with Crippen molar-refractivity contribution in [2.24, 2.45) is 0 Å². The number of carbonyl (C=O) groups is 1. The second kappa shape index (κ2) is 5.91. The number of carbonyl (C=O) groups excluding carboxylic acids is 1. The van der Waals surface area contributed by atoms with E-state index in [1.54, 1.807) is 23.9 Å². The van der Waals surface area contributed by atoms with Gasteiger partial charge in [0, 0.05) is 13.1 Å². The van der Waals surface area contributed by atoms with Crippen molar-refractivity contribution in [3.05, 3.63) is 47.5 Å². The van der Waals surface area contributed by atoms with Crippen molar-refractivity contribution in [1.82, 2.24) is 19.9 Å². The molecule has 25 heavy (non-hydrogen) atoms. The molecule has 0 bridgehead atoms. The summed E-state index contributed by atoms with van der Waals surface area (Å²) < 4.78 is 15.3. The number of likely N-dealkylation sites (tertiary alicyclic amines) is 1. The van der Waals surface area contributed by atoms with Crippen molar-refractivity contribution in [3.8, 4) is 0 Å². The highest BCUT2D eigenvalue weighted by atomic mass is 19.1. The number of aliphatic hydroxyl groups is 1. The number of amides is 1. The minimum atomic E-state index is -0.655. The monoisotopic (exact) mass is 344 g/mol. The van der Waals surface area contributed by atoms with Gasteiger partial charge < -0.3 is 10.0 Å². The Bertz CT molecular complexity index is 794. The van der Waals surface area contributed by atoms with Gasteiger partial charge in [-0.05, 0) is 37.5 Å². The molecule has 1 aliphatic heterocycles. The lowest BCUT2D eigenvalue weighted by molar-refractivity contribution is -0.147. The molecule has 6 nitrogen and oxygen atoms in total. The Morgan fingerprint density at radius 2 is 2.16 bits per heavy atom. The number of rotatable bonds is 4. The van der Waals surface area contributed by atoms with E-state index in [1.807, 2.05) is 11.0 Å². The van der Waals surface area contributed by atoms with E-state index in [9.17, 15) is 14.3 Å². The van der Waals surface area contributed by atoms with Crippen LogP contribution in [0.25, 0.3) is 0 Å². The van der Waals surface area contributed by atoms with E-state index in [0.29, 0.717) is 18.8 Å². The highest BCUT2D eigenvalue weighted by Crippen LogP contribution is 2.46. The maximum Gasteiger partial charge on any atom is 0.233 e. The summed E-state index contributed by atoms with van der Waals surface area (Å²) in [4.78, 5) is 14.9. The molecule has 1 aromatic heterocycles. The summed E-state index contributed by atoms with van der Waals surface area (Å²) in [6.07, 6.45) is 3.60. The van der Waals surface area contributed by atoms with Crippen LogP contribution in [0.5, 0.6) is 0 Å². The van der Waals surface area contributed by atoms with Crippen molar-refractivity contribution in [1.29, 1.82) is 0 Å². The fraction of sp³-hybridized carbons (Fsp3) is 0.500. The summed E-state index contributed by atoms with van der Waals surface area (Å²) in [6, 6.07) is 6.49. The van der Waals surface area contributed by atoms with Crippen molar-refractivity contribution >= 4 is 5.91 Å². The topological polar surface area (TPSA) is 71.2 Å². The van der Waals surface area contributed by atoms with Crippen LogP contribution >= 0.6 is 0 Å². The second-order valence-corrected chi connectivity index (χ2v) is 7.11. The minimum absolute atomic E-state index is 0.0774. The molecule has 1 atom stereocenters. The predicted octanol–water partition coefficient (Wildman–Crippen LogP) is 1.98. The Balaban J connectivity index is 1.47. The summed E-state index contributed by atoms with van der Waals surface area (Å²) in [5, 5.41) is 17.5. The molecule has 7 heteroatoms. The quantitative estimate of drug-likeness (QED) is 0.921. The molecular formula is C18H21FN4O2. The third-order valence-electron chi connectivity index (χ3n) is 5.47. The van der Waals surface area contributed by atoms with Gasteiger partial charge in [0.05, 0.1) is 23.8 Å². The normalized spacial score (nSPS) is 20.7. The molecule has 2 aromatic rings. The van der Waals surface area contributed by atoms with Gasteiger partial charge in [0.15, 0.2) is 0 Å². The first-order chi connectivity index (χ1) is 12.0. The van der Waals surface area contributed by atoms with Gasteiger partial charge >= 0.3 is 0 Å². The van der Waals surface area contributed by atoms with E-state index < -0.39 is 11.5 Å². The van der Waals surface area contributed by atoms with Crippen LogP contribution in [-0.4, -0.2) is 44.0 Å². The Kier molecular flexibility index (Phi) is 3.83. The Hall–Kier alpha value is -2.28. The highest BCUT2D eigenvalue weighted by Gasteiger charge is 2.50. The maximum absolute atomic E-state index is 13.6. The van der Waals surface area contributed by atoms with Crippen molar-refractivity contribution < 1.29 is 14.3 Å². The fourth-order valence-corrected chi connectivity index (χ4v) is 3.69. The Morgan fingerprint density at radius 3 is 2.72 bits per heavy atom. The van der Waals surface area contributed by atoms with E-state index in [0.717, 1.165) is 24.8 Å². The van der Waals surface area contributed by atoms with Crippen molar-refractivity contribution in [2.45, 2.75) is 43.7 Å². The van der Waals surface area contributed by atoms with E-state index >= 15 is 0 Å². The average molecular weight is 344 g/mol. The van der Waals surface area contributed by atoms with Crippen LogP contribution in [-0.2, 0) is 10.2 Å². The molecule has 0 radical (unpaired) electrons. The predicted molar refractivity (Wildman–Crippen MR) is 88.2 cm³/mol. The summed E-state index contributed by atoms with van der Waals surface area (Å²) in [6.45, 7) is 2.78. The fourth-order valence-electron chi connectivity index (χ4n) is 3.69. The number of hydrogen-bond donors (Lipinski definition) is 1. The zero-order valence-electron chi connectivity index (χ0n) is 14.1. The summed E-state index contributed by atoms with van der Waals surface area (Å²) >= 11 is 0. The minimum Gasteiger partial charge on any atom is -0.387 e. The van der Waals surface area contributed by atoms with Crippen molar-refractivity contribution in [3.63, 3.8) is 0 Å². The molecule has 4 rings (SSSR count). The zero-order chi connectivity index (χ0) is 17.6. The van der Waals surface area contributed by atoms with Crippen LogP contribution in [0.15, 0.2) is 30.5 Å². The van der Waals surface area contributed by atoms with Crippen LogP contribution in [0, 0.1) is 5.82 Å². The smallest absolute Gasteiger partial charge is 0.233 e. The highest BCUT2D eigenvalue weighted by molar-refractivity contribution is 5.90. The molecule has 2 fully saturated rings. The lowest BCUT2D eigenvalue weighted by Crippen LogP contribution is -2.59. The third-order valence-corrected chi connectivity index (χ3v) is 5.47. The van der Waals surface area contributed by atoms with E-state index in [-0.39, 0.29) is 17.8 Å². The lowest BCUT2D eigenvalue weighted by atomic mass is 9.63. The van der Waals surface area contributed by atoms with E-state index in [4.69, 9.17) is 0 Å². The molecule has 1 aromatic carbocycles. The van der Waals surface area contributed by atoms with Gasteiger partial charge in [-0.1, -0.05) is 23.8 Å². The lowest BCUT2D eigenvalue weighted by Gasteiger charge is -2.48. The zero-order valence-corrected chi connectivity index (χ0v) is 14.1. The Labute approximate surface area is 145 Å². The number of hydrogen-bond acceptors (Lipinski definition) is 4. The summed E-state index contributed by atoms with van der Waals surface area (Å²) in [5.41, 5.74) is 0.740. The SMILES string of the molecule is C[C@H](O)c1cn(C2CN(C(=O)C3(c4cccc(F)c4)CCC3)C2)nn1. The van der Waals surface area contributed by atoms with Gasteiger partial charge in [-0.15, -0.1) is 5.10 Å². The molecule has 2 aliphatic rings. The third kappa shape index (κ3) is 2.63. The molecule has 0 spiro atoms. The molecule has 2 heterocycles. The number of nitrogens with zero attached hydrogens (tertiary/aromatic N) is 4. The molecule has 1 saturated heterocycles. The first-order valence-electron chi connectivity index (χ1n) is 8.65. The molecule has 1 aliphatic carbocycles. The van der Waals surface area contributed by atoms with E-state index in [1.165, 1.54) is 12.1 Å². The van der Waals surface area contributed by atoms with Crippen LogP contribution < -0.4 is 0 Å². The number of aromatic nitrogens is 3. The standard InChI is InChI=1S/C18H21FN4O2/c1-12(24)16-11-23(21-20-16)15-9-22(10-15)17(25)18(6-3-7-18)13-4-2-5-14(19)8-13/h2,4-5,8,11-12,15,24H,3,6-7,9-10H2,1H3/t12-/m0/s1.